The Hall–Kier alpha value is -1.63. The highest BCUT2D eigenvalue weighted by atomic mass is 28.4. The zero-order valence-corrected chi connectivity index (χ0v) is 31.1. The SMILES string of the molecule is CCC[C@@]12OC(C)(C)O[C@@H]1[C@@H](OCc1ccccc1)[C@H](O[Si](C)(C)C(C)(C)C)[C@@H]1CC=C[C@@H](O[Si](C)(C)c3ccccc3)[C@@]12O. The molecule has 2 fully saturated rings. The summed E-state index contributed by atoms with van der Waals surface area (Å²) >= 11 is 0. The molecule has 0 bridgehead atoms. The summed E-state index contributed by atoms with van der Waals surface area (Å²) < 4.78 is 35.4. The molecule has 5 rings (SSSR count). The first-order valence-electron chi connectivity index (χ1n) is 16.8. The predicted molar refractivity (Wildman–Crippen MR) is 185 cm³/mol. The van der Waals surface area contributed by atoms with E-state index in [4.69, 9.17) is 23.1 Å². The van der Waals surface area contributed by atoms with Gasteiger partial charge in [0.05, 0.1) is 18.8 Å². The molecule has 0 spiro atoms. The summed E-state index contributed by atoms with van der Waals surface area (Å²) in [5.74, 6) is -1.26. The third-order valence-corrected chi connectivity index (χ3v) is 17.8. The number of fused-ring (bicyclic) bond motifs is 3. The van der Waals surface area contributed by atoms with E-state index in [1.165, 1.54) is 5.19 Å². The Kier molecular flexibility index (Phi) is 9.59. The maximum absolute atomic E-state index is 13.6. The summed E-state index contributed by atoms with van der Waals surface area (Å²) in [5.41, 5.74) is -1.40. The lowest BCUT2D eigenvalue weighted by Gasteiger charge is -2.63. The second-order valence-electron chi connectivity index (χ2n) is 15.8. The lowest BCUT2D eigenvalue weighted by Crippen LogP contribution is -2.80. The molecule has 2 aliphatic carbocycles. The zero-order chi connectivity index (χ0) is 32.9. The summed E-state index contributed by atoms with van der Waals surface area (Å²) in [6.07, 6.45) is 4.25. The molecule has 3 aliphatic rings. The van der Waals surface area contributed by atoms with Crippen molar-refractivity contribution in [3.8, 4) is 0 Å². The molecule has 1 aliphatic heterocycles. The molecule has 1 N–H and O–H groups in total. The molecule has 8 heteroatoms. The molecule has 1 heterocycles. The molecule has 0 aromatic heterocycles. The predicted octanol–water partition coefficient (Wildman–Crippen LogP) is 7.47. The molecular weight excluding hydrogens is 597 g/mol. The lowest BCUT2D eigenvalue weighted by molar-refractivity contribution is -0.298. The van der Waals surface area contributed by atoms with Gasteiger partial charge < -0.3 is 28.2 Å². The molecule has 2 aromatic rings. The molecular formula is C37H56O6Si2. The van der Waals surface area contributed by atoms with Crippen LogP contribution in [0.3, 0.4) is 0 Å². The molecule has 1 saturated carbocycles. The smallest absolute Gasteiger partial charge is 0.219 e. The number of benzene rings is 2. The Labute approximate surface area is 273 Å². The molecule has 2 aromatic carbocycles. The van der Waals surface area contributed by atoms with Gasteiger partial charge in [-0.05, 0) is 68.7 Å². The van der Waals surface area contributed by atoms with Gasteiger partial charge in [0.25, 0.3) is 0 Å². The van der Waals surface area contributed by atoms with E-state index in [9.17, 15) is 5.11 Å². The molecule has 0 amide bonds. The van der Waals surface area contributed by atoms with E-state index in [0.717, 1.165) is 12.0 Å². The van der Waals surface area contributed by atoms with E-state index < -0.39 is 58.0 Å². The van der Waals surface area contributed by atoms with Gasteiger partial charge in [-0.1, -0.05) is 107 Å². The van der Waals surface area contributed by atoms with E-state index >= 15 is 0 Å². The second kappa shape index (κ2) is 12.4. The van der Waals surface area contributed by atoms with Crippen LogP contribution in [0.2, 0.25) is 31.2 Å². The van der Waals surface area contributed by atoms with Crippen molar-refractivity contribution in [3.05, 3.63) is 78.4 Å². The largest absolute Gasteiger partial charge is 0.411 e. The zero-order valence-electron chi connectivity index (χ0n) is 29.1. The number of rotatable bonds is 10. The minimum atomic E-state index is -2.47. The van der Waals surface area contributed by atoms with Crippen molar-refractivity contribution >= 4 is 21.8 Å². The van der Waals surface area contributed by atoms with Crippen LogP contribution in [0.1, 0.15) is 66.4 Å². The van der Waals surface area contributed by atoms with Gasteiger partial charge in [-0.2, -0.15) is 0 Å². The van der Waals surface area contributed by atoms with Crippen LogP contribution in [0, 0.1) is 5.92 Å². The van der Waals surface area contributed by atoms with Crippen LogP contribution in [0.4, 0.5) is 0 Å². The number of hydrogen-bond donors (Lipinski definition) is 1. The van der Waals surface area contributed by atoms with E-state index in [-0.39, 0.29) is 11.0 Å². The number of hydrogen-bond acceptors (Lipinski definition) is 6. The monoisotopic (exact) mass is 652 g/mol. The first-order chi connectivity index (χ1) is 21.0. The van der Waals surface area contributed by atoms with Crippen LogP contribution >= 0.6 is 0 Å². The van der Waals surface area contributed by atoms with Crippen molar-refractivity contribution in [2.75, 3.05) is 0 Å². The van der Waals surface area contributed by atoms with Crippen molar-refractivity contribution in [1.29, 1.82) is 0 Å². The van der Waals surface area contributed by atoms with Crippen molar-refractivity contribution in [2.45, 2.75) is 140 Å². The molecule has 6 nitrogen and oxygen atoms in total. The van der Waals surface area contributed by atoms with Crippen LogP contribution in [0.25, 0.3) is 0 Å². The third kappa shape index (κ3) is 6.34. The summed E-state index contributed by atoms with van der Waals surface area (Å²) in [6, 6.07) is 20.7. The lowest BCUT2D eigenvalue weighted by atomic mass is 9.55. The summed E-state index contributed by atoms with van der Waals surface area (Å²) in [5, 5.41) is 14.8. The Bertz CT molecular complexity index is 1320. The van der Waals surface area contributed by atoms with Crippen LogP contribution in [-0.2, 0) is 29.7 Å². The molecule has 0 unspecified atom stereocenters. The van der Waals surface area contributed by atoms with Gasteiger partial charge in [-0.25, -0.2) is 0 Å². The average Bonchev–Trinajstić information content (AvgIpc) is 3.25. The van der Waals surface area contributed by atoms with E-state index in [2.05, 4.69) is 102 Å². The number of ether oxygens (including phenoxy) is 3. The topological polar surface area (TPSA) is 66.4 Å². The summed E-state index contributed by atoms with van der Waals surface area (Å²) in [7, 11) is -4.81. The Morgan fingerprint density at radius 2 is 1.53 bits per heavy atom. The summed E-state index contributed by atoms with van der Waals surface area (Å²) in [6.45, 7) is 22.2. The first kappa shape index (κ1) is 34.7. The Morgan fingerprint density at radius 3 is 2.13 bits per heavy atom. The number of allylic oxidation sites excluding steroid dienone is 1. The van der Waals surface area contributed by atoms with Crippen molar-refractivity contribution in [2.24, 2.45) is 5.92 Å². The van der Waals surface area contributed by atoms with Crippen molar-refractivity contribution < 1.29 is 28.2 Å². The third-order valence-electron chi connectivity index (χ3n) is 10.7. The van der Waals surface area contributed by atoms with Gasteiger partial charge in [-0.15, -0.1) is 0 Å². The van der Waals surface area contributed by atoms with E-state index in [0.29, 0.717) is 19.4 Å². The highest BCUT2D eigenvalue weighted by Crippen LogP contribution is 2.60. The fourth-order valence-corrected chi connectivity index (χ4v) is 10.9. The van der Waals surface area contributed by atoms with E-state index in [1.807, 2.05) is 38.1 Å². The van der Waals surface area contributed by atoms with Gasteiger partial charge in [0, 0.05) is 5.92 Å². The quantitative estimate of drug-likeness (QED) is 0.212. The van der Waals surface area contributed by atoms with Crippen LogP contribution < -0.4 is 5.19 Å². The molecule has 248 valence electrons. The second-order valence-corrected chi connectivity index (χ2v) is 24.4. The molecule has 7 atom stereocenters. The highest BCUT2D eigenvalue weighted by molar-refractivity contribution is 6.84. The fraction of sp³-hybridized carbons (Fsp3) is 0.622. The van der Waals surface area contributed by atoms with Gasteiger partial charge in [0.2, 0.25) is 8.32 Å². The maximum Gasteiger partial charge on any atom is 0.219 e. The summed E-state index contributed by atoms with van der Waals surface area (Å²) in [4.78, 5) is 0. The van der Waals surface area contributed by atoms with Gasteiger partial charge in [-0.3, -0.25) is 0 Å². The van der Waals surface area contributed by atoms with Gasteiger partial charge >= 0.3 is 0 Å². The van der Waals surface area contributed by atoms with Crippen LogP contribution in [0.5, 0.6) is 0 Å². The number of aliphatic hydroxyl groups is 1. The van der Waals surface area contributed by atoms with Crippen LogP contribution in [0.15, 0.2) is 72.8 Å². The first-order valence-corrected chi connectivity index (χ1v) is 22.6. The van der Waals surface area contributed by atoms with E-state index in [1.54, 1.807) is 0 Å². The van der Waals surface area contributed by atoms with Gasteiger partial charge in [0.15, 0.2) is 14.1 Å². The normalized spacial score (nSPS) is 33.1. The minimum absolute atomic E-state index is 0.0397. The molecule has 45 heavy (non-hydrogen) atoms. The molecule has 0 radical (unpaired) electrons. The van der Waals surface area contributed by atoms with Crippen molar-refractivity contribution in [3.63, 3.8) is 0 Å². The Balaban J connectivity index is 1.66. The standard InChI is InChI=1S/C37H56O6Si2/c1-11-25-36-33(40-35(5,6)43-36)32(39-26-27-19-14-12-15-20-27)31(42-45(9,10)34(2,3)4)29-23-18-24-30(37(29,36)38)41-44(7,8)28-21-16-13-17-22-28/h12-22,24,29-33,38H,11,23,25-26H2,1-10H3/t29-,30+,31+,32-,33+,36+,37-/m0/s1. The fourth-order valence-electron chi connectivity index (χ4n) is 7.52. The maximum atomic E-state index is 13.6. The van der Waals surface area contributed by atoms with Crippen LogP contribution in [-0.4, -0.2) is 63.1 Å². The Morgan fingerprint density at radius 1 is 0.911 bits per heavy atom. The average molecular weight is 653 g/mol. The molecule has 1 saturated heterocycles. The van der Waals surface area contributed by atoms with Crippen molar-refractivity contribution in [1.82, 2.24) is 0 Å². The van der Waals surface area contributed by atoms with Gasteiger partial charge in [0.1, 0.15) is 23.4 Å². The highest BCUT2D eigenvalue weighted by Gasteiger charge is 2.76. The minimum Gasteiger partial charge on any atom is -0.411 e.